The fourth-order valence-electron chi connectivity index (χ4n) is 4.39. The number of nitrogens with one attached hydrogen (secondary N) is 1. The molecule has 3 amide bonds. The molecule has 208 valence electrons. The summed E-state index contributed by atoms with van der Waals surface area (Å²) < 4.78 is 6.70. The molecular formula is C26H32N6O6S. The summed E-state index contributed by atoms with van der Waals surface area (Å²) in [5, 5.41) is 30.2. The van der Waals surface area contributed by atoms with E-state index in [2.05, 4.69) is 15.4 Å². The SMILES string of the molecule is CCOC(=O)N(C)c1nc([C@H]2CCCN2C(=O)[C@H](O)[C@@H](O)C(=O)N[C@H](C)c2ccc(-n3cccn3)cc2)cs1. The maximum Gasteiger partial charge on any atom is 0.415 e. The van der Waals surface area contributed by atoms with Gasteiger partial charge in [0.15, 0.2) is 17.3 Å². The third-order valence-electron chi connectivity index (χ3n) is 6.56. The lowest BCUT2D eigenvalue weighted by molar-refractivity contribution is -0.154. The molecule has 0 aliphatic carbocycles. The molecule has 3 heterocycles. The van der Waals surface area contributed by atoms with E-state index >= 15 is 0 Å². The maximum absolute atomic E-state index is 13.1. The van der Waals surface area contributed by atoms with Crippen LogP contribution in [-0.2, 0) is 14.3 Å². The van der Waals surface area contributed by atoms with Crippen molar-refractivity contribution in [3.8, 4) is 5.69 Å². The number of ether oxygens (including phenoxy) is 1. The zero-order chi connectivity index (χ0) is 28.1. The van der Waals surface area contributed by atoms with Crippen LogP contribution in [0.2, 0.25) is 0 Å². The van der Waals surface area contributed by atoms with E-state index in [1.807, 2.05) is 36.5 Å². The molecule has 0 radical (unpaired) electrons. The van der Waals surface area contributed by atoms with Crippen molar-refractivity contribution in [1.29, 1.82) is 0 Å². The quantitative estimate of drug-likeness (QED) is 0.363. The second-order valence-corrected chi connectivity index (χ2v) is 10.0. The highest BCUT2D eigenvalue weighted by molar-refractivity contribution is 7.14. The van der Waals surface area contributed by atoms with Gasteiger partial charge in [-0.05, 0) is 50.5 Å². The van der Waals surface area contributed by atoms with Crippen LogP contribution >= 0.6 is 11.3 Å². The first kappa shape index (κ1) is 28.2. The summed E-state index contributed by atoms with van der Waals surface area (Å²) in [4.78, 5) is 45.1. The molecule has 3 N–H and O–H groups in total. The Kier molecular flexibility index (Phi) is 8.94. The Morgan fingerprint density at radius 1 is 1.23 bits per heavy atom. The normalized spacial score (nSPS) is 17.4. The predicted molar refractivity (Wildman–Crippen MR) is 143 cm³/mol. The van der Waals surface area contributed by atoms with Crippen molar-refractivity contribution in [2.45, 2.75) is 51.0 Å². The Bertz CT molecular complexity index is 1280. The number of benzene rings is 1. The number of aromatic nitrogens is 3. The molecular weight excluding hydrogens is 524 g/mol. The molecule has 1 fully saturated rings. The first-order chi connectivity index (χ1) is 18.7. The molecule has 4 rings (SSSR count). The molecule has 1 aromatic carbocycles. The second kappa shape index (κ2) is 12.4. The summed E-state index contributed by atoms with van der Waals surface area (Å²) in [5.41, 5.74) is 2.19. The lowest BCUT2D eigenvalue weighted by Gasteiger charge is -2.28. The zero-order valence-electron chi connectivity index (χ0n) is 21.9. The van der Waals surface area contributed by atoms with Gasteiger partial charge < -0.3 is 25.2 Å². The first-order valence-electron chi connectivity index (χ1n) is 12.6. The van der Waals surface area contributed by atoms with Crippen LogP contribution in [0.3, 0.4) is 0 Å². The van der Waals surface area contributed by atoms with E-state index < -0.39 is 42.2 Å². The molecule has 0 spiro atoms. The number of rotatable bonds is 9. The molecule has 0 unspecified atom stereocenters. The average Bonchev–Trinajstić information content (AvgIpc) is 3.73. The molecule has 12 nitrogen and oxygen atoms in total. The maximum atomic E-state index is 13.1. The number of hydrogen-bond acceptors (Lipinski definition) is 9. The van der Waals surface area contributed by atoms with Crippen molar-refractivity contribution in [1.82, 2.24) is 25.0 Å². The Balaban J connectivity index is 1.37. The minimum absolute atomic E-state index is 0.233. The minimum Gasteiger partial charge on any atom is -0.449 e. The van der Waals surface area contributed by atoms with E-state index in [-0.39, 0.29) is 6.61 Å². The number of carbonyl (C=O) groups excluding carboxylic acids is 3. The highest BCUT2D eigenvalue weighted by atomic mass is 32.1. The van der Waals surface area contributed by atoms with Gasteiger partial charge in [-0.25, -0.2) is 14.5 Å². The summed E-state index contributed by atoms with van der Waals surface area (Å²) >= 11 is 1.23. The standard InChI is InChI=1S/C26H32N6O6S/c1-4-38-26(37)30(3)25-29-19(15-39-25)20-7-5-13-31(20)24(36)22(34)21(33)23(35)28-16(2)17-8-10-18(11-9-17)32-14-6-12-27-32/h6,8-12,14-16,20-22,33-34H,4-5,7,13H2,1-3H3,(H,28,35)/t16-,20-,21-,22-/m1/s1. The summed E-state index contributed by atoms with van der Waals surface area (Å²) in [6.07, 6.45) is 0.315. The van der Waals surface area contributed by atoms with Gasteiger partial charge in [-0.3, -0.25) is 14.5 Å². The number of amides is 3. The molecule has 2 aromatic heterocycles. The van der Waals surface area contributed by atoms with Crippen molar-refractivity contribution >= 4 is 34.4 Å². The molecule has 4 atom stereocenters. The van der Waals surface area contributed by atoms with Crippen LogP contribution in [0.4, 0.5) is 9.93 Å². The van der Waals surface area contributed by atoms with E-state index in [0.29, 0.717) is 30.2 Å². The molecule has 39 heavy (non-hydrogen) atoms. The summed E-state index contributed by atoms with van der Waals surface area (Å²) in [6.45, 7) is 4.03. The Morgan fingerprint density at radius 3 is 2.64 bits per heavy atom. The molecule has 1 aliphatic rings. The van der Waals surface area contributed by atoms with Gasteiger partial charge >= 0.3 is 6.09 Å². The summed E-state index contributed by atoms with van der Waals surface area (Å²) in [6, 6.07) is 8.23. The Hall–Kier alpha value is -3.81. The van der Waals surface area contributed by atoms with Crippen molar-refractivity contribution in [3.63, 3.8) is 0 Å². The van der Waals surface area contributed by atoms with Crippen molar-refractivity contribution in [2.75, 3.05) is 25.1 Å². The third-order valence-corrected chi connectivity index (χ3v) is 7.49. The predicted octanol–water partition coefficient (Wildman–Crippen LogP) is 2.18. The van der Waals surface area contributed by atoms with E-state index in [4.69, 9.17) is 4.74 Å². The van der Waals surface area contributed by atoms with Crippen LogP contribution in [0.5, 0.6) is 0 Å². The molecule has 13 heteroatoms. The van der Waals surface area contributed by atoms with Crippen LogP contribution < -0.4 is 10.2 Å². The van der Waals surface area contributed by atoms with Crippen LogP contribution in [0, 0.1) is 0 Å². The molecule has 1 aliphatic heterocycles. The van der Waals surface area contributed by atoms with Crippen molar-refractivity contribution in [3.05, 3.63) is 59.4 Å². The topological polar surface area (TPSA) is 150 Å². The van der Waals surface area contributed by atoms with E-state index in [0.717, 1.165) is 11.3 Å². The number of nitrogens with zero attached hydrogens (tertiary/aromatic N) is 5. The van der Waals surface area contributed by atoms with Crippen LogP contribution in [0.1, 0.15) is 50.0 Å². The number of aliphatic hydroxyl groups is 2. The van der Waals surface area contributed by atoms with Gasteiger partial charge in [-0.1, -0.05) is 12.1 Å². The fourth-order valence-corrected chi connectivity index (χ4v) is 5.21. The second-order valence-electron chi connectivity index (χ2n) is 9.16. The first-order valence-corrected chi connectivity index (χ1v) is 13.5. The molecule has 1 saturated heterocycles. The van der Waals surface area contributed by atoms with Gasteiger partial charge in [0.2, 0.25) is 0 Å². The van der Waals surface area contributed by atoms with E-state index in [1.54, 1.807) is 37.2 Å². The van der Waals surface area contributed by atoms with Crippen molar-refractivity contribution < 1.29 is 29.3 Å². The molecule has 3 aromatic rings. The summed E-state index contributed by atoms with van der Waals surface area (Å²) in [5.74, 6) is -1.62. The monoisotopic (exact) mass is 556 g/mol. The molecule has 0 bridgehead atoms. The number of anilines is 1. The Labute approximate surface area is 229 Å². The number of carbonyl (C=O) groups is 3. The number of thiazole rings is 1. The number of hydrogen-bond donors (Lipinski definition) is 3. The molecule has 0 saturated carbocycles. The van der Waals surface area contributed by atoms with Gasteiger partial charge in [-0.15, -0.1) is 11.3 Å². The fraction of sp³-hybridized carbons (Fsp3) is 0.423. The zero-order valence-corrected chi connectivity index (χ0v) is 22.7. The highest BCUT2D eigenvalue weighted by Gasteiger charge is 2.39. The van der Waals surface area contributed by atoms with Gasteiger partial charge in [0, 0.05) is 31.4 Å². The van der Waals surface area contributed by atoms with Crippen molar-refractivity contribution in [2.24, 2.45) is 0 Å². The average molecular weight is 557 g/mol. The van der Waals surface area contributed by atoms with E-state index in [1.165, 1.54) is 21.1 Å². The Morgan fingerprint density at radius 2 is 1.97 bits per heavy atom. The lowest BCUT2D eigenvalue weighted by Crippen LogP contribution is -2.51. The van der Waals surface area contributed by atoms with Crippen LogP contribution in [-0.4, -0.2) is 80.2 Å². The smallest absolute Gasteiger partial charge is 0.415 e. The van der Waals surface area contributed by atoms with E-state index in [9.17, 15) is 24.6 Å². The third kappa shape index (κ3) is 6.27. The van der Waals surface area contributed by atoms with Crippen LogP contribution in [0.15, 0.2) is 48.1 Å². The minimum atomic E-state index is -1.95. The highest BCUT2D eigenvalue weighted by Crippen LogP contribution is 2.35. The largest absolute Gasteiger partial charge is 0.449 e. The lowest BCUT2D eigenvalue weighted by atomic mass is 10.1. The van der Waals surface area contributed by atoms with Crippen LogP contribution in [0.25, 0.3) is 5.69 Å². The van der Waals surface area contributed by atoms with Gasteiger partial charge in [0.25, 0.3) is 11.8 Å². The van der Waals surface area contributed by atoms with Gasteiger partial charge in [0.1, 0.15) is 0 Å². The van der Waals surface area contributed by atoms with Gasteiger partial charge in [0.05, 0.1) is 30.1 Å². The number of aliphatic hydroxyl groups excluding tert-OH is 2. The summed E-state index contributed by atoms with van der Waals surface area (Å²) in [7, 11) is 1.55. The number of likely N-dealkylation sites (tertiary alicyclic amines) is 1. The van der Waals surface area contributed by atoms with Gasteiger partial charge in [-0.2, -0.15) is 5.10 Å².